The van der Waals surface area contributed by atoms with Gasteiger partial charge in [0.05, 0.1) is 12.3 Å². The Hall–Kier alpha value is -1.57. The zero-order valence-corrected chi connectivity index (χ0v) is 9.25. The highest BCUT2D eigenvalue weighted by atomic mass is 14.9. The smallest absolute Gasteiger partial charge is 0.0794 e. The molecule has 1 aromatic carbocycles. The van der Waals surface area contributed by atoms with Crippen molar-refractivity contribution in [1.82, 2.24) is 5.32 Å². The average molecular weight is 200 g/mol. The fourth-order valence-electron chi connectivity index (χ4n) is 1.66. The number of hydrogen-bond donors (Lipinski definition) is 1. The Kier molecular flexibility index (Phi) is 2.86. The molecule has 1 N–H and O–H groups in total. The molecule has 0 unspecified atom stereocenters. The topological polar surface area (TPSA) is 24.4 Å². The summed E-state index contributed by atoms with van der Waals surface area (Å²) in [4.78, 5) is 4.48. The van der Waals surface area contributed by atoms with E-state index in [1.54, 1.807) is 0 Å². The van der Waals surface area contributed by atoms with E-state index < -0.39 is 0 Å². The lowest BCUT2D eigenvalue weighted by Gasteiger charge is -2.00. The molecule has 0 spiro atoms. The second kappa shape index (κ2) is 4.30. The molecule has 0 radical (unpaired) electrons. The van der Waals surface area contributed by atoms with Crippen LogP contribution in [0.3, 0.4) is 0 Å². The molecule has 0 saturated heterocycles. The van der Waals surface area contributed by atoms with Crippen LogP contribution in [0.25, 0.3) is 0 Å². The van der Waals surface area contributed by atoms with Crippen molar-refractivity contribution in [3.63, 3.8) is 0 Å². The van der Waals surface area contributed by atoms with Gasteiger partial charge in [0, 0.05) is 12.7 Å². The third-order valence-corrected chi connectivity index (χ3v) is 2.71. The third-order valence-electron chi connectivity index (χ3n) is 2.71. The van der Waals surface area contributed by atoms with Gasteiger partial charge in [0.25, 0.3) is 0 Å². The normalized spacial score (nSPS) is 14.8. The first-order valence-electron chi connectivity index (χ1n) is 5.35. The standard InChI is InChI=1S/C13H16N2/c1-3-10-4-6-11(7-5-10)13-8-12(14-2)9-15-13/h4-8,14H,3,9H2,1-2H3. The molecule has 2 rings (SSSR count). The minimum absolute atomic E-state index is 0.779. The molecule has 78 valence electrons. The monoisotopic (exact) mass is 200 g/mol. The van der Waals surface area contributed by atoms with E-state index in [1.165, 1.54) is 16.8 Å². The van der Waals surface area contributed by atoms with Crippen LogP contribution < -0.4 is 5.32 Å². The summed E-state index contributed by atoms with van der Waals surface area (Å²) in [6, 6.07) is 8.63. The molecule has 0 bridgehead atoms. The van der Waals surface area contributed by atoms with Crippen molar-refractivity contribution in [2.24, 2.45) is 4.99 Å². The third kappa shape index (κ3) is 2.09. The predicted molar refractivity (Wildman–Crippen MR) is 64.4 cm³/mol. The molecule has 0 aromatic heterocycles. The zero-order chi connectivity index (χ0) is 10.7. The number of rotatable bonds is 3. The SMILES string of the molecule is CCc1ccc(C2=NCC(NC)=C2)cc1. The highest BCUT2D eigenvalue weighted by molar-refractivity contribution is 6.10. The van der Waals surface area contributed by atoms with Gasteiger partial charge in [-0.25, -0.2) is 0 Å². The van der Waals surface area contributed by atoms with Gasteiger partial charge in [-0.15, -0.1) is 0 Å². The quantitative estimate of drug-likeness (QED) is 0.794. The van der Waals surface area contributed by atoms with Crippen molar-refractivity contribution in [3.05, 3.63) is 47.2 Å². The number of likely N-dealkylation sites (N-methyl/N-ethyl adjacent to an activating group) is 1. The van der Waals surface area contributed by atoms with Gasteiger partial charge < -0.3 is 5.32 Å². The first-order chi connectivity index (χ1) is 7.33. The molecule has 2 heteroatoms. The lowest BCUT2D eigenvalue weighted by atomic mass is 10.1. The van der Waals surface area contributed by atoms with Gasteiger partial charge in [-0.2, -0.15) is 0 Å². The van der Waals surface area contributed by atoms with Crippen molar-refractivity contribution in [1.29, 1.82) is 0 Å². The Balaban J connectivity index is 2.20. The van der Waals surface area contributed by atoms with Gasteiger partial charge in [-0.05, 0) is 23.6 Å². The van der Waals surface area contributed by atoms with E-state index in [0.29, 0.717) is 0 Å². The highest BCUT2D eigenvalue weighted by Crippen LogP contribution is 2.12. The van der Waals surface area contributed by atoms with E-state index in [9.17, 15) is 0 Å². The van der Waals surface area contributed by atoms with Gasteiger partial charge >= 0.3 is 0 Å². The number of benzene rings is 1. The summed E-state index contributed by atoms with van der Waals surface area (Å²) in [6.45, 7) is 2.95. The molecule has 2 nitrogen and oxygen atoms in total. The number of aliphatic imine (C=N–C) groups is 1. The van der Waals surface area contributed by atoms with Crippen LogP contribution in [0.15, 0.2) is 41.0 Å². The lowest BCUT2D eigenvalue weighted by molar-refractivity contribution is 0.946. The Morgan fingerprint density at radius 3 is 2.53 bits per heavy atom. The molecule has 0 saturated carbocycles. The summed E-state index contributed by atoms with van der Waals surface area (Å²) < 4.78 is 0. The molecule has 0 fully saturated rings. The van der Waals surface area contributed by atoms with E-state index in [4.69, 9.17) is 0 Å². The van der Waals surface area contributed by atoms with Crippen LogP contribution >= 0.6 is 0 Å². The Morgan fingerprint density at radius 1 is 1.27 bits per heavy atom. The van der Waals surface area contributed by atoms with Crippen LogP contribution in [0.4, 0.5) is 0 Å². The minimum atomic E-state index is 0.779. The molecule has 0 atom stereocenters. The van der Waals surface area contributed by atoms with Crippen molar-refractivity contribution in [2.75, 3.05) is 13.6 Å². The van der Waals surface area contributed by atoms with Crippen molar-refractivity contribution < 1.29 is 0 Å². The molecular weight excluding hydrogens is 184 g/mol. The summed E-state index contributed by atoms with van der Waals surface area (Å²) in [5.41, 5.74) is 4.85. The van der Waals surface area contributed by atoms with Gasteiger partial charge in [0.1, 0.15) is 0 Å². The average Bonchev–Trinajstić information content (AvgIpc) is 2.78. The molecule has 15 heavy (non-hydrogen) atoms. The van der Waals surface area contributed by atoms with Crippen LogP contribution in [-0.4, -0.2) is 19.3 Å². The van der Waals surface area contributed by atoms with Crippen molar-refractivity contribution in [2.45, 2.75) is 13.3 Å². The first kappa shape index (κ1) is 9.97. The van der Waals surface area contributed by atoms with Crippen molar-refractivity contribution >= 4 is 5.71 Å². The van der Waals surface area contributed by atoms with Crippen molar-refractivity contribution in [3.8, 4) is 0 Å². The summed E-state index contributed by atoms with van der Waals surface area (Å²) in [6.07, 6.45) is 3.20. The number of aryl methyl sites for hydroxylation is 1. The molecule has 0 amide bonds. The zero-order valence-electron chi connectivity index (χ0n) is 9.25. The van der Waals surface area contributed by atoms with Crippen LogP contribution in [0, 0.1) is 0 Å². The second-order valence-corrected chi connectivity index (χ2v) is 3.67. The number of nitrogens with zero attached hydrogens (tertiary/aromatic N) is 1. The Morgan fingerprint density at radius 2 is 2.00 bits per heavy atom. The molecular formula is C13H16N2. The first-order valence-corrected chi connectivity index (χ1v) is 5.35. The van der Waals surface area contributed by atoms with Crippen LogP contribution in [0.5, 0.6) is 0 Å². The Bertz CT molecular complexity index is 399. The summed E-state index contributed by atoms with van der Waals surface area (Å²) in [5.74, 6) is 0. The number of nitrogens with one attached hydrogen (secondary N) is 1. The highest BCUT2D eigenvalue weighted by Gasteiger charge is 2.08. The van der Waals surface area contributed by atoms with Crippen LogP contribution in [-0.2, 0) is 6.42 Å². The van der Waals surface area contributed by atoms with Gasteiger partial charge in [-0.1, -0.05) is 31.2 Å². The fraction of sp³-hybridized carbons (Fsp3) is 0.308. The fourth-order valence-corrected chi connectivity index (χ4v) is 1.66. The van der Waals surface area contributed by atoms with Gasteiger partial charge in [0.2, 0.25) is 0 Å². The van der Waals surface area contributed by atoms with E-state index in [1.807, 2.05) is 7.05 Å². The predicted octanol–water partition coefficient (Wildman–Crippen LogP) is 2.16. The molecule has 1 aromatic rings. The van der Waals surface area contributed by atoms with Crippen LogP contribution in [0.1, 0.15) is 18.1 Å². The van der Waals surface area contributed by atoms with Crippen LogP contribution in [0.2, 0.25) is 0 Å². The maximum absolute atomic E-state index is 4.48. The minimum Gasteiger partial charge on any atom is -0.390 e. The summed E-state index contributed by atoms with van der Waals surface area (Å²) >= 11 is 0. The molecule has 0 aliphatic carbocycles. The number of hydrogen-bond acceptors (Lipinski definition) is 2. The second-order valence-electron chi connectivity index (χ2n) is 3.67. The molecule has 1 aliphatic rings. The maximum Gasteiger partial charge on any atom is 0.0794 e. The van der Waals surface area contributed by atoms with E-state index in [0.717, 1.165) is 18.7 Å². The summed E-state index contributed by atoms with van der Waals surface area (Å²) in [7, 11) is 1.93. The largest absolute Gasteiger partial charge is 0.390 e. The summed E-state index contributed by atoms with van der Waals surface area (Å²) in [5, 5.41) is 3.13. The van der Waals surface area contributed by atoms with Gasteiger partial charge in [-0.3, -0.25) is 4.99 Å². The van der Waals surface area contributed by atoms with E-state index >= 15 is 0 Å². The van der Waals surface area contributed by atoms with E-state index in [2.05, 4.69) is 47.6 Å². The number of allylic oxidation sites excluding steroid dienone is 1. The van der Waals surface area contributed by atoms with E-state index in [-0.39, 0.29) is 0 Å². The lowest BCUT2D eigenvalue weighted by Crippen LogP contribution is -2.05. The molecule has 1 heterocycles. The molecule has 1 aliphatic heterocycles. The Labute approximate surface area is 90.7 Å². The van der Waals surface area contributed by atoms with Gasteiger partial charge in [0.15, 0.2) is 0 Å². The maximum atomic E-state index is 4.48.